The molecule has 0 amide bonds. The lowest BCUT2D eigenvalue weighted by molar-refractivity contribution is 0.935. The van der Waals surface area contributed by atoms with E-state index in [1.54, 1.807) is 11.8 Å². The number of nitrogens with one attached hydrogen (secondary N) is 1. The van der Waals surface area contributed by atoms with Gasteiger partial charge in [0.15, 0.2) is 0 Å². The van der Waals surface area contributed by atoms with Gasteiger partial charge in [-0.1, -0.05) is 22.9 Å². The number of rotatable bonds is 5. The van der Waals surface area contributed by atoms with E-state index in [1.807, 2.05) is 19.1 Å². The van der Waals surface area contributed by atoms with Gasteiger partial charge in [-0.05, 0) is 37.6 Å². The predicted molar refractivity (Wildman–Crippen MR) is 87.7 cm³/mol. The fraction of sp³-hybridized carbons (Fsp3) is 0.286. The average molecular weight is 353 g/mol. The normalized spacial score (nSPS) is 10.6. The summed E-state index contributed by atoms with van der Waals surface area (Å²) in [5.74, 6) is 7.78. The highest BCUT2D eigenvalue weighted by atomic mass is 79.9. The maximum Gasteiger partial charge on any atom is 0.147 e. The van der Waals surface area contributed by atoms with Gasteiger partial charge >= 0.3 is 0 Å². The molecule has 2 rings (SSSR count). The van der Waals surface area contributed by atoms with E-state index < -0.39 is 0 Å². The van der Waals surface area contributed by atoms with Crippen molar-refractivity contribution in [1.29, 1.82) is 0 Å². The van der Waals surface area contributed by atoms with Crippen LogP contribution in [0.2, 0.25) is 0 Å². The minimum atomic E-state index is 0.723. The first-order chi connectivity index (χ1) is 9.63. The highest BCUT2D eigenvalue weighted by Crippen LogP contribution is 2.24. The molecular formula is C14H17BrN4S. The van der Waals surface area contributed by atoms with Crippen LogP contribution in [0.3, 0.4) is 0 Å². The van der Waals surface area contributed by atoms with Crippen molar-refractivity contribution in [3.8, 4) is 0 Å². The summed E-state index contributed by atoms with van der Waals surface area (Å²) < 4.78 is 1.08. The van der Waals surface area contributed by atoms with Gasteiger partial charge in [-0.25, -0.2) is 15.8 Å². The Morgan fingerprint density at radius 1 is 1.25 bits per heavy atom. The van der Waals surface area contributed by atoms with Crippen molar-refractivity contribution in [2.24, 2.45) is 5.84 Å². The second-order valence-corrected chi connectivity index (χ2v) is 6.26. The van der Waals surface area contributed by atoms with Crippen LogP contribution < -0.4 is 11.3 Å². The molecule has 1 heterocycles. The number of halogens is 1. The fourth-order valence-corrected chi connectivity index (χ4v) is 2.96. The van der Waals surface area contributed by atoms with Crippen LogP contribution in [0.25, 0.3) is 0 Å². The average Bonchev–Trinajstić information content (AvgIpc) is 2.46. The van der Waals surface area contributed by atoms with Crippen molar-refractivity contribution in [3.63, 3.8) is 0 Å². The smallest absolute Gasteiger partial charge is 0.147 e. The van der Waals surface area contributed by atoms with E-state index in [2.05, 4.69) is 50.4 Å². The Balaban J connectivity index is 2.13. The molecule has 0 bridgehead atoms. The Bertz CT molecular complexity index is 586. The van der Waals surface area contributed by atoms with Crippen LogP contribution in [0.15, 0.2) is 33.6 Å². The summed E-state index contributed by atoms with van der Waals surface area (Å²) in [7, 11) is 0. The van der Waals surface area contributed by atoms with E-state index >= 15 is 0 Å². The summed E-state index contributed by atoms with van der Waals surface area (Å²) in [6.45, 7) is 4.07. The summed E-state index contributed by atoms with van der Waals surface area (Å²) in [4.78, 5) is 10.2. The van der Waals surface area contributed by atoms with Crippen LogP contribution in [0.1, 0.15) is 24.0 Å². The van der Waals surface area contributed by atoms with Gasteiger partial charge in [0, 0.05) is 20.6 Å². The standard InChI is InChI=1S/C14H17BrN4S/c1-3-12-9(2)17-13(18-14(12)19-16)8-20-11-6-4-10(15)5-7-11/h4-7H,3,8,16H2,1-2H3,(H,17,18,19). The molecule has 0 aliphatic carbocycles. The zero-order valence-corrected chi connectivity index (χ0v) is 13.9. The molecule has 0 aliphatic rings. The molecule has 0 aliphatic heterocycles. The molecule has 106 valence electrons. The van der Waals surface area contributed by atoms with Crippen molar-refractivity contribution in [1.82, 2.24) is 9.97 Å². The molecule has 0 atom stereocenters. The van der Waals surface area contributed by atoms with Gasteiger partial charge in [0.1, 0.15) is 11.6 Å². The third-order valence-electron chi connectivity index (χ3n) is 2.93. The zero-order chi connectivity index (χ0) is 14.5. The van der Waals surface area contributed by atoms with Gasteiger partial charge in [-0.3, -0.25) is 0 Å². The summed E-state index contributed by atoms with van der Waals surface area (Å²) in [6, 6.07) is 8.21. The molecule has 1 aromatic carbocycles. The largest absolute Gasteiger partial charge is 0.308 e. The van der Waals surface area contributed by atoms with E-state index in [9.17, 15) is 0 Å². The van der Waals surface area contributed by atoms with Crippen molar-refractivity contribution in [2.45, 2.75) is 30.9 Å². The Morgan fingerprint density at radius 2 is 1.95 bits per heavy atom. The summed E-state index contributed by atoms with van der Waals surface area (Å²) >= 11 is 5.14. The van der Waals surface area contributed by atoms with E-state index in [4.69, 9.17) is 5.84 Å². The lowest BCUT2D eigenvalue weighted by Gasteiger charge is -2.11. The lowest BCUT2D eigenvalue weighted by atomic mass is 10.2. The molecule has 0 radical (unpaired) electrons. The maximum absolute atomic E-state index is 5.54. The number of nitrogens with zero attached hydrogens (tertiary/aromatic N) is 2. The molecule has 0 fully saturated rings. The monoisotopic (exact) mass is 352 g/mol. The number of aryl methyl sites for hydroxylation is 1. The number of anilines is 1. The SMILES string of the molecule is CCc1c(C)nc(CSc2ccc(Br)cc2)nc1NN. The Hall–Kier alpha value is -1.11. The van der Waals surface area contributed by atoms with Crippen molar-refractivity contribution in [2.75, 3.05) is 5.43 Å². The number of thioether (sulfide) groups is 1. The van der Waals surface area contributed by atoms with Crippen LogP contribution in [0, 0.1) is 6.92 Å². The Morgan fingerprint density at radius 3 is 2.55 bits per heavy atom. The summed E-state index contributed by atoms with van der Waals surface area (Å²) in [5, 5.41) is 0. The number of hydrazine groups is 1. The first-order valence-corrected chi connectivity index (χ1v) is 8.13. The van der Waals surface area contributed by atoms with Gasteiger partial charge in [-0.15, -0.1) is 11.8 Å². The van der Waals surface area contributed by atoms with E-state index in [1.165, 1.54) is 4.90 Å². The highest BCUT2D eigenvalue weighted by Gasteiger charge is 2.09. The van der Waals surface area contributed by atoms with Crippen LogP contribution in [0.5, 0.6) is 0 Å². The van der Waals surface area contributed by atoms with Crippen LogP contribution >= 0.6 is 27.7 Å². The first kappa shape index (κ1) is 15.3. The zero-order valence-electron chi connectivity index (χ0n) is 11.5. The molecule has 0 saturated heterocycles. The molecule has 0 unspecified atom stereocenters. The van der Waals surface area contributed by atoms with Gasteiger partial charge in [0.05, 0.1) is 5.75 Å². The van der Waals surface area contributed by atoms with E-state index in [-0.39, 0.29) is 0 Å². The molecular weight excluding hydrogens is 336 g/mol. The summed E-state index contributed by atoms with van der Waals surface area (Å²) in [6.07, 6.45) is 0.867. The second-order valence-electron chi connectivity index (χ2n) is 4.29. The first-order valence-electron chi connectivity index (χ1n) is 6.35. The lowest BCUT2D eigenvalue weighted by Crippen LogP contribution is -2.14. The van der Waals surface area contributed by atoms with Crippen molar-refractivity contribution in [3.05, 3.63) is 45.8 Å². The molecule has 4 nitrogen and oxygen atoms in total. The minimum Gasteiger partial charge on any atom is -0.308 e. The Kier molecular flexibility index (Phi) is 5.39. The van der Waals surface area contributed by atoms with Gasteiger partial charge in [0.2, 0.25) is 0 Å². The molecule has 3 N–H and O–H groups in total. The number of benzene rings is 1. The number of aromatic nitrogens is 2. The van der Waals surface area contributed by atoms with Gasteiger partial charge < -0.3 is 5.43 Å². The number of hydrogen-bond donors (Lipinski definition) is 2. The fourth-order valence-electron chi connectivity index (χ4n) is 1.94. The second kappa shape index (κ2) is 7.06. The molecule has 2 aromatic rings. The predicted octanol–water partition coefficient (Wildman–Crippen LogP) is 3.69. The molecule has 1 aromatic heterocycles. The quantitative estimate of drug-likeness (QED) is 0.488. The maximum atomic E-state index is 5.54. The molecule has 6 heteroatoms. The minimum absolute atomic E-state index is 0.723. The number of nitrogens with two attached hydrogens (primary N) is 1. The van der Waals surface area contributed by atoms with Gasteiger partial charge in [-0.2, -0.15) is 0 Å². The third kappa shape index (κ3) is 3.71. The highest BCUT2D eigenvalue weighted by molar-refractivity contribution is 9.10. The number of hydrogen-bond acceptors (Lipinski definition) is 5. The topological polar surface area (TPSA) is 63.8 Å². The van der Waals surface area contributed by atoms with Crippen molar-refractivity contribution >= 4 is 33.5 Å². The van der Waals surface area contributed by atoms with Crippen molar-refractivity contribution < 1.29 is 0 Å². The van der Waals surface area contributed by atoms with E-state index in [0.717, 1.165) is 39.5 Å². The van der Waals surface area contributed by atoms with Gasteiger partial charge in [0.25, 0.3) is 0 Å². The third-order valence-corrected chi connectivity index (χ3v) is 4.47. The van der Waals surface area contributed by atoms with Crippen LogP contribution in [0.4, 0.5) is 5.82 Å². The summed E-state index contributed by atoms with van der Waals surface area (Å²) in [5.41, 5.74) is 4.73. The number of nitrogen functional groups attached to an aromatic ring is 1. The molecule has 20 heavy (non-hydrogen) atoms. The molecule has 0 saturated carbocycles. The van der Waals surface area contributed by atoms with E-state index in [0.29, 0.717) is 0 Å². The van der Waals surface area contributed by atoms with Crippen LogP contribution in [-0.4, -0.2) is 9.97 Å². The molecule has 0 spiro atoms. The van der Waals surface area contributed by atoms with Crippen LogP contribution in [-0.2, 0) is 12.2 Å². The Labute approximate surface area is 131 Å².